The second kappa shape index (κ2) is 14.4. The van der Waals surface area contributed by atoms with Gasteiger partial charge in [-0.3, -0.25) is 0 Å². The number of hydrogen-bond acceptors (Lipinski definition) is 1. The van der Waals surface area contributed by atoms with E-state index in [9.17, 15) is 22.0 Å². The average Bonchev–Trinajstić information content (AvgIpc) is 2.85. The van der Waals surface area contributed by atoms with E-state index in [1.807, 2.05) is 0 Å². The van der Waals surface area contributed by atoms with Gasteiger partial charge in [0.05, 0.1) is 0 Å². The van der Waals surface area contributed by atoms with Crippen LogP contribution in [0.15, 0.2) is 24.3 Å². The van der Waals surface area contributed by atoms with Crippen LogP contribution in [0.25, 0.3) is 0 Å². The first-order valence-electron chi connectivity index (χ1n) is 14.1. The van der Waals surface area contributed by atoms with Gasteiger partial charge in [0.2, 0.25) is 5.75 Å². The molecule has 3 rings (SSSR count). The fourth-order valence-electron chi connectivity index (χ4n) is 6.19. The topological polar surface area (TPSA) is 9.23 Å². The zero-order chi connectivity index (χ0) is 26.0. The minimum absolute atomic E-state index is 0.0113. The standard InChI is InChI=1S/C30H43F5O/c1-2-3-4-5-6-7-8-9-22-10-12-23(13-11-22)14-15-24-16-18-25(19-17-24)26-20-27(31)29(28(32)21-26)36-30(33,34)35/h4-5,20-25H,2-3,6-19H2,1H3/b5-4+/t22-,23-,24-,25-. The fraction of sp³-hybridized carbons (Fsp3) is 0.733. The van der Waals surface area contributed by atoms with Crippen LogP contribution < -0.4 is 4.74 Å². The molecule has 2 aliphatic carbocycles. The quantitative estimate of drug-likeness (QED) is 0.153. The SMILES string of the molecule is CCC/C=C/CCCC[C@H]1CC[C@H](CC[C@H]2CC[C@H](c3cc(F)c(OC(F)(F)F)c(F)c3)CC2)CC1. The maximum Gasteiger partial charge on any atom is 0.573 e. The Morgan fingerprint density at radius 2 is 1.25 bits per heavy atom. The van der Waals surface area contributed by atoms with Gasteiger partial charge in [0, 0.05) is 0 Å². The highest BCUT2D eigenvalue weighted by Crippen LogP contribution is 2.41. The zero-order valence-electron chi connectivity index (χ0n) is 21.7. The molecule has 0 aliphatic heterocycles. The number of rotatable bonds is 12. The number of hydrogen-bond donors (Lipinski definition) is 0. The van der Waals surface area contributed by atoms with Crippen LogP contribution in [-0.4, -0.2) is 6.36 Å². The van der Waals surface area contributed by atoms with Crippen LogP contribution in [0.4, 0.5) is 22.0 Å². The summed E-state index contributed by atoms with van der Waals surface area (Å²) >= 11 is 0. The predicted octanol–water partition coefficient (Wildman–Crippen LogP) is 10.6. The highest BCUT2D eigenvalue weighted by atomic mass is 19.4. The van der Waals surface area contributed by atoms with E-state index >= 15 is 0 Å². The summed E-state index contributed by atoms with van der Waals surface area (Å²) in [4.78, 5) is 0. The van der Waals surface area contributed by atoms with Crippen molar-refractivity contribution in [2.24, 2.45) is 17.8 Å². The third-order valence-electron chi connectivity index (χ3n) is 8.36. The molecule has 0 radical (unpaired) electrons. The summed E-state index contributed by atoms with van der Waals surface area (Å²) in [5.41, 5.74) is 0.438. The summed E-state index contributed by atoms with van der Waals surface area (Å²) in [6, 6.07) is 2.02. The first-order valence-corrected chi connectivity index (χ1v) is 14.1. The predicted molar refractivity (Wildman–Crippen MR) is 135 cm³/mol. The van der Waals surface area contributed by atoms with Crippen LogP contribution in [0.2, 0.25) is 0 Å². The lowest BCUT2D eigenvalue weighted by molar-refractivity contribution is -0.276. The van der Waals surface area contributed by atoms with Gasteiger partial charge >= 0.3 is 6.36 Å². The first kappa shape index (κ1) is 29.0. The van der Waals surface area contributed by atoms with Crippen molar-refractivity contribution < 1.29 is 26.7 Å². The van der Waals surface area contributed by atoms with Crippen molar-refractivity contribution in [1.29, 1.82) is 0 Å². The van der Waals surface area contributed by atoms with Gasteiger partial charge in [0.1, 0.15) is 0 Å². The maximum atomic E-state index is 14.1. The molecule has 0 atom stereocenters. The van der Waals surface area contributed by atoms with Crippen molar-refractivity contribution in [1.82, 2.24) is 0 Å². The summed E-state index contributed by atoms with van der Waals surface area (Å²) < 4.78 is 68.8. The lowest BCUT2D eigenvalue weighted by atomic mass is 9.74. The molecule has 0 bridgehead atoms. The molecule has 2 saturated carbocycles. The zero-order valence-corrected chi connectivity index (χ0v) is 21.7. The van der Waals surface area contributed by atoms with E-state index in [4.69, 9.17) is 0 Å². The minimum Gasteiger partial charge on any atom is -0.399 e. The Morgan fingerprint density at radius 1 is 0.750 bits per heavy atom. The highest BCUT2D eigenvalue weighted by molar-refractivity contribution is 5.33. The molecular weight excluding hydrogens is 471 g/mol. The second-order valence-corrected chi connectivity index (χ2v) is 11.1. The van der Waals surface area contributed by atoms with E-state index in [2.05, 4.69) is 23.8 Å². The number of benzene rings is 1. The van der Waals surface area contributed by atoms with Crippen LogP contribution in [0.1, 0.15) is 121 Å². The number of alkyl halides is 3. The Kier molecular flexibility index (Phi) is 11.6. The maximum absolute atomic E-state index is 14.1. The molecule has 1 nitrogen and oxygen atoms in total. The molecule has 0 N–H and O–H groups in total. The first-order chi connectivity index (χ1) is 17.2. The van der Waals surface area contributed by atoms with Crippen molar-refractivity contribution in [2.45, 2.75) is 122 Å². The summed E-state index contributed by atoms with van der Waals surface area (Å²) in [6.07, 6.45) is 18.8. The monoisotopic (exact) mass is 514 g/mol. The molecule has 1 aromatic rings. The minimum atomic E-state index is -5.12. The normalized spacial score (nSPS) is 25.4. The smallest absolute Gasteiger partial charge is 0.399 e. The average molecular weight is 515 g/mol. The van der Waals surface area contributed by atoms with Gasteiger partial charge in [-0.2, -0.15) is 0 Å². The van der Waals surface area contributed by atoms with Gasteiger partial charge < -0.3 is 4.74 Å². The Balaban J connectivity index is 1.32. The van der Waals surface area contributed by atoms with Crippen LogP contribution in [0, 0.1) is 29.4 Å². The lowest BCUT2D eigenvalue weighted by Crippen LogP contribution is -2.20. The van der Waals surface area contributed by atoms with E-state index in [0.29, 0.717) is 11.5 Å². The molecule has 0 unspecified atom stereocenters. The fourth-order valence-corrected chi connectivity index (χ4v) is 6.19. The largest absolute Gasteiger partial charge is 0.573 e. The van der Waals surface area contributed by atoms with E-state index in [1.165, 1.54) is 77.0 Å². The molecule has 0 spiro atoms. The van der Waals surface area contributed by atoms with Crippen LogP contribution in [0.5, 0.6) is 5.75 Å². The molecule has 2 aliphatic rings. The third kappa shape index (κ3) is 9.70. The van der Waals surface area contributed by atoms with Crippen molar-refractivity contribution in [3.63, 3.8) is 0 Å². The Labute approximate surface area is 213 Å². The summed E-state index contributed by atoms with van der Waals surface area (Å²) in [7, 11) is 0. The van der Waals surface area contributed by atoms with Gasteiger partial charge in [-0.1, -0.05) is 76.9 Å². The number of halogens is 5. The Morgan fingerprint density at radius 3 is 1.78 bits per heavy atom. The molecule has 6 heteroatoms. The summed E-state index contributed by atoms with van der Waals surface area (Å²) in [5.74, 6) is -1.57. The van der Waals surface area contributed by atoms with Crippen LogP contribution in [-0.2, 0) is 0 Å². The number of ether oxygens (including phenoxy) is 1. The van der Waals surface area contributed by atoms with Crippen molar-refractivity contribution in [3.05, 3.63) is 41.5 Å². The summed E-state index contributed by atoms with van der Waals surface area (Å²) in [5, 5.41) is 0. The third-order valence-corrected chi connectivity index (χ3v) is 8.36. The van der Waals surface area contributed by atoms with E-state index < -0.39 is 23.7 Å². The lowest BCUT2D eigenvalue weighted by Gasteiger charge is -2.32. The number of allylic oxidation sites excluding steroid dienone is 2. The molecule has 2 fully saturated rings. The van der Waals surface area contributed by atoms with Crippen LogP contribution in [0.3, 0.4) is 0 Å². The molecular formula is C30H43F5O. The second-order valence-electron chi connectivity index (χ2n) is 11.1. The van der Waals surface area contributed by atoms with Gasteiger partial charge in [0.25, 0.3) is 0 Å². The van der Waals surface area contributed by atoms with Gasteiger partial charge in [0.15, 0.2) is 11.6 Å². The van der Waals surface area contributed by atoms with E-state index in [0.717, 1.165) is 49.7 Å². The highest BCUT2D eigenvalue weighted by Gasteiger charge is 2.35. The van der Waals surface area contributed by atoms with Gasteiger partial charge in [-0.05, 0) is 86.3 Å². The summed E-state index contributed by atoms with van der Waals surface area (Å²) in [6.45, 7) is 2.21. The van der Waals surface area contributed by atoms with Crippen molar-refractivity contribution >= 4 is 0 Å². The molecule has 0 amide bonds. The van der Waals surface area contributed by atoms with Crippen molar-refractivity contribution in [2.75, 3.05) is 0 Å². The van der Waals surface area contributed by atoms with Gasteiger partial charge in [-0.25, -0.2) is 8.78 Å². The molecule has 0 heterocycles. The molecule has 1 aromatic carbocycles. The van der Waals surface area contributed by atoms with Crippen molar-refractivity contribution in [3.8, 4) is 5.75 Å². The van der Waals surface area contributed by atoms with Crippen LogP contribution >= 0.6 is 0 Å². The van der Waals surface area contributed by atoms with E-state index in [1.54, 1.807) is 0 Å². The number of unbranched alkanes of at least 4 members (excludes halogenated alkanes) is 3. The molecule has 36 heavy (non-hydrogen) atoms. The molecule has 0 aromatic heterocycles. The van der Waals surface area contributed by atoms with E-state index in [-0.39, 0.29) is 5.92 Å². The Hall–Kier alpha value is -1.59. The van der Waals surface area contributed by atoms with Gasteiger partial charge in [-0.15, -0.1) is 13.2 Å². The molecule has 204 valence electrons. The Bertz CT molecular complexity index is 779. The molecule has 0 saturated heterocycles.